The van der Waals surface area contributed by atoms with Gasteiger partial charge in [-0.25, -0.2) is 4.39 Å². The first kappa shape index (κ1) is 15.8. The maximum absolute atomic E-state index is 13.4. The molecule has 0 spiro atoms. The van der Waals surface area contributed by atoms with Crippen LogP contribution in [0.5, 0.6) is 0 Å². The molecule has 0 bridgehead atoms. The molecule has 0 saturated heterocycles. The van der Waals surface area contributed by atoms with Crippen molar-refractivity contribution in [3.63, 3.8) is 0 Å². The number of hydrogen-bond acceptors (Lipinski definition) is 1. The molecule has 19 heavy (non-hydrogen) atoms. The van der Waals surface area contributed by atoms with Gasteiger partial charge in [-0.3, -0.25) is 4.79 Å². The Hall–Kier alpha value is -1.30. The van der Waals surface area contributed by atoms with Crippen LogP contribution in [0, 0.1) is 11.2 Å². The molecule has 1 aromatic carbocycles. The van der Waals surface area contributed by atoms with E-state index in [4.69, 9.17) is 11.6 Å². The highest BCUT2D eigenvalue weighted by molar-refractivity contribution is 6.20. The summed E-state index contributed by atoms with van der Waals surface area (Å²) in [5.41, 5.74) is -2.56. The van der Waals surface area contributed by atoms with Gasteiger partial charge in [0.2, 0.25) is 5.91 Å². The molecule has 0 aliphatic heterocycles. The van der Waals surface area contributed by atoms with Gasteiger partial charge in [0.15, 0.2) is 0 Å². The van der Waals surface area contributed by atoms with Gasteiger partial charge in [-0.1, -0.05) is 0 Å². The molecule has 0 unspecified atom stereocenters. The fourth-order valence-electron chi connectivity index (χ4n) is 1.15. The lowest BCUT2D eigenvalue weighted by atomic mass is 9.95. The molecule has 0 radical (unpaired) electrons. The van der Waals surface area contributed by atoms with Crippen molar-refractivity contribution in [3.8, 4) is 0 Å². The predicted octanol–water partition coefficient (Wildman–Crippen LogP) is 4.05. The average Bonchev–Trinajstić information content (AvgIpc) is 2.30. The van der Waals surface area contributed by atoms with Crippen LogP contribution >= 0.6 is 11.6 Å². The summed E-state index contributed by atoms with van der Waals surface area (Å²) in [5, 5.41) is 2.12. The molecule has 1 aromatic rings. The highest BCUT2D eigenvalue weighted by Crippen LogP contribution is 2.32. The van der Waals surface area contributed by atoms with Crippen LogP contribution in [0.1, 0.15) is 19.4 Å². The minimum atomic E-state index is -4.60. The number of halogens is 5. The van der Waals surface area contributed by atoms with Crippen LogP contribution in [-0.4, -0.2) is 11.8 Å². The molecular formula is C12H12ClF4NO. The number of carbonyl (C=O) groups is 1. The van der Waals surface area contributed by atoms with Crippen molar-refractivity contribution in [3.05, 3.63) is 29.6 Å². The number of anilines is 1. The van der Waals surface area contributed by atoms with Crippen LogP contribution in [0.4, 0.5) is 23.2 Å². The topological polar surface area (TPSA) is 29.1 Å². The fourth-order valence-corrected chi connectivity index (χ4v) is 1.27. The third kappa shape index (κ3) is 3.83. The highest BCUT2D eigenvalue weighted by atomic mass is 35.5. The smallest absolute Gasteiger partial charge is 0.323 e. The number of rotatable bonds is 3. The fraction of sp³-hybridized carbons (Fsp3) is 0.417. The lowest BCUT2D eigenvalue weighted by Crippen LogP contribution is -2.32. The summed E-state index contributed by atoms with van der Waals surface area (Å²) in [4.78, 5) is 11.7. The largest absolute Gasteiger partial charge is 0.416 e. The van der Waals surface area contributed by atoms with Crippen LogP contribution in [0.3, 0.4) is 0 Å². The van der Waals surface area contributed by atoms with Crippen molar-refractivity contribution < 1.29 is 22.4 Å². The molecule has 0 heterocycles. The molecule has 1 amide bonds. The lowest BCUT2D eigenvalue weighted by molar-refractivity contribution is -0.137. The van der Waals surface area contributed by atoms with Crippen molar-refractivity contribution in [1.82, 2.24) is 0 Å². The Morgan fingerprint density at radius 1 is 1.32 bits per heavy atom. The van der Waals surface area contributed by atoms with E-state index in [-0.39, 0.29) is 5.88 Å². The van der Waals surface area contributed by atoms with E-state index < -0.39 is 34.6 Å². The van der Waals surface area contributed by atoms with Gasteiger partial charge in [-0.2, -0.15) is 13.2 Å². The molecule has 0 aromatic heterocycles. The summed E-state index contributed by atoms with van der Waals surface area (Å²) >= 11 is 5.56. The first-order valence-electron chi connectivity index (χ1n) is 5.32. The van der Waals surface area contributed by atoms with Crippen molar-refractivity contribution in [2.45, 2.75) is 20.0 Å². The maximum Gasteiger partial charge on any atom is 0.416 e. The van der Waals surface area contributed by atoms with Gasteiger partial charge < -0.3 is 5.32 Å². The van der Waals surface area contributed by atoms with E-state index in [0.717, 1.165) is 0 Å². The minimum Gasteiger partial charge on any atom is -0.323 e. The van der Waals surface area contributed by atoms with Gasteiger partial charge in [0, 0.05) is 5.88 Å². The zero-order valence-corrected chi connectivity index (χ0v) is 11.0. The normalized spacial score (nSPS) is 12.4. The summed E-state index contributed by atoms with van der Waals surface area (Å²) in [7, 11) is 0. The molecule has 0 atom stereocenters. The summed E-state index contributed by atoms with van der Waals surface area (Å²) in [6.07, 6.45) is -4.60. The monoisotopic (exact) mass is 297 g/mol. The Balaban J connectivity index is 3.05. The van der Waals surface area contributed by atoms with E-state index in [9.17, 15) is 22.4 Å². The minimum absolute atomic E-state index is 0.0422. The van der Waals surface area contributed by atoms with E-state index in [0.29, 0.717) is 18.2 Å². The second-order valence-electron chi connectivity index (χ2n) is 4.66. The summed E-state index contributed by atoms with van der Waals surface area (Å²) < 4.78 is 50.8. The summed E-state index contributed by atoms with van der Waals surface area (Å²) in [6.45, 7) is 3.00. The number of hydrogen-bond donors (Lipinski definition) is 1. The molecule has 0 fully saturated rings. The molecule has 0 saturated carbocycles. The Morgan fingerprint density at radius 2 is 1.89 bits per heavy atom. The van der Waals surface area contributed by atoms with Gasteiger partial charge in [0.25, 0.3) is 0 Å². The summed E-state index contributed by atoms with van der Waals surface area (Å²) in [6, 6.07) is 1.82. The Labute approximate surface area is 112 Å². The van der Waals surface area contributed by atoms with Crippen LogP contribution in [0.2, 0.25) is 0 Å². The van der Waals surface area contributed by atoms with Crippen LogP contribution in [-0.2, 0) is 11.0 Å². The van der Waals surface area contributed by atoms with E-state index >= 15 is 0 Å². The molecule has 7 heteroatoms. The van der Waals surface area contributed by atoms with Gasteiger partial charge in [-0.05, 0) is 32.0 Å². The SMILES string of the molecule is CC(C)(CCl)C(=O)Nc1cc(C(F)(F)F)ccc1F. The van der Waals surface area contributed by atoms with Gasteiger partial charge in [-0.15, -0.1) is 11.6 Å². The second-order valence-corrected chi connectivity index (χ2v) is 4.93. The second kappa shape index (κ2) is 5.36. The van der Waals surface area contributed by atoms with Gasteiger partial charge >= 0.3 is 6.18 Å². The third-order valence-electron chi connectivity index (χ3n) is 2.49. The lowest BCUT2D eigenvalue weighted by Gasteiger charge is -2.21. The maximum atomic E-state index is 13.4. The molecule has 1 rings (SSSR count). The van der Waals surface area contributed by atoms with Gasteiger partial charge in [0.1, 0.15) is 5.82 Å². The number of alkyl halides is 4. The number of amides is 1. The van der Waals surface area contributed by atoms with E-state index in [1.54, 1.807) is 0 Å². The van der Waals surface area contributed by atoms with E-state index in [1.165, 1.54) is 13.8 Å². The standard InChI is InChI=1S/C12H12ClF4NO/c1-11(2,6-13)10(19)18-9-5-7(12(15,16)17)3-4-8(9)14/h3-5H,6H2,1-2H3,(H,18,19). The first-order chi connectivity index (χ1) is 8.58. The van der Waals surface area contributed by atoms with Crippen molar-refractivity contribution in [2.75, 3.05) is 11.2 Å². The molecule has 2 nitrogen and oxygen atoms in total. The average molecular weight is 298 g/mol. The number of benzene rings is 1. The Morgan fingerprint density at radius 3 is 2.37 bits per heavy atom. The Kier molecular flexibility index (Phi) is 4.45. The van der Waals surface area contributed by atoms with E-state index in [1.807, 2.05) is 0 Å². The highest BCUT2D eigenvalue weighted by Gasteiger charge is 2.32. The van der Waals surface area contributed by atoms with Crippen LogP contribution in [0.25, 0.3) is 0 Å². The van der Waals surface area contributed by atoms with Crippen molar-refractivity contribution >= 4 is 23.2 Å². The quantitative estimate of drug-likeness (QED) is 0.662. The first-order valence-corrected chi connectivity index (χ1v) is 5.85. The molecule has 0 aliphatic rings. The van der Waals surface area contributed by atoms with E-state index in [2.05, 4.69) is 5.32 Å². The zero-order valence-electron chi connectivity index (χ0n) is 10.2. The molecule has 0 aliphatic carbocycles. The molecular weight excluding hydrogens is 286 g/mol. The van der Waals surface area contributed by atoms with Crippen LogP contribution in [0.15, 0.2) is 18.2 Å². The molecule has 106 valence electrons. The molecule has 1 N–H and O–H groups in total. The number of carbonyl (C=O) groups excluding carboxylic acids is 1. The van der Waals surface area contributed by atoms with Gasteiger partial charge in [0.05, 0.1) is 16.7 Å². The zero-order chi connectivity index (χ0) is 14.8. The third-order valence-corrected chi connectivity index (χ3v) is 3.16. The van der Waals surface area contributed by atoms with Crippen molar-refractivity contribution in [1.29, 1.82) is 0 Å². The Bertz CT molecular complexity index is 485. The van der Waals surface area contributed by atoms with Crippen LogP contribution < -0.4 is 5.32 Å². The predicted molar refractivity (Wildman–Crippen MR) is 64.5 cm³/mol. The van der Waals surface area contributed by atoms with Crippen molar-refractivity contribution in [2.24, 2.45) is 5.41 Å². The summed E-state index contributed by atoms with van der Waals surface area (Å²) in [5.74, 6) is -1.63. The number of nitrogens with one attached hydrogen (secondary N) is 1.